The third kappa shape index (κ3) is 5.88. The molecule has 1 unspecified atom stereocenters. The molecule has 22 heavy (non-hydrogen) atoms. The number of carboxylic acids is 1. The van der Waals surface area contributed by atoms with Gasteiger partial charge in [-0.1, -0.05) is 61.4 Å². The molecular weight excluding hydrogens is 272 g/mol. The summed E-state index contributed by atoms with van der Waals surface area (Å²) in [5.74, 6) is -0.424. The van der Waals surface area contributed by atoms with Crippen molar-refractivity contribution in [1.29, 1.82) is 0 Å². The fraction of sp³-hybridized carbons (Fsp3) is 0.450. The summed E-state index contributed by atoms with van der Waals surface area (Å²) in [4.78, 5) is 10.5. The number of hydrogen-bond acceptors (Lipinski definition) is 1. The minimum atomic E-state index is -0.912. The van der Waals surface area contributed by atoms with Crippen LogP contribution in [0.2, 0.25) is 0 Å². The van der Waals surface area contributed by atoms with Crippen LogP contribution in [0.3, 0.4) is 0 Å². The molecule has 0 aromatic heterocycles. The van der Waals surface area contributed by atoms with Gasteiger partial charge in [-0.2, -0.15) is 0 Å². The number of carbonyl (C=O) groups is 1. The Morgan fingerprint density at radius 1 is 1.27 bits per heavy atom. The Morgan fingerprint density at radius 2 is 1.95 bits per heavy atom. The molecule has 0 amide bonds. The van der Waals surface area contributed by atoms with Crippen molar-refractivity contribution < 1.29 is 9.90 Å². The highest BCUT2D eigenvalue weighted by atomic mass is 16.4. The normalized spacial score (nSPS) is 23.1. The van der Waals surface area contributed by atoms with Gasteiger partial charge in [0.15, 0.2) is 0 Å². The van der Waals surface area contributed by atoms with Crippen LogP contribution < -0.4 is 0 Å². The van der Waals surface area contributed by atoms with Gasteiger partial charge >= 0.3 is 5.97 Å². The second kappa shape index (κ2) is 7.98. The van der Waals surface area contributed by atoms with Gasteiger partial charge in [-0.3, -0.25) is 0 Å². The summed E-state index contributed by atoms with van der Waals surface area (Å²) in [6, 6.07) is 0. The van der Waals surface area contributed by atoms with E-state index in [0.717, 1.165) is 11.1 Å². The van der Waals surface area contributed by atoms with Gasteiger partial charge in [0.25, 0.3) is 0 Å². The summed E-state index contributed by atoms with van der Waals surface area (Å²) < 4.78 is 0. The Hall–Kier alpha value is -1.83. The zero-order valence-electron chi connectivity index (χ0n) is 14.4. The zero-order chi connectivity index (χ0) is 16.8. The molecule has 0 saturated carbocycles. The van der Waals surface area contributed by atoms with E-state index in [1.807, 2.05) is 12.2 Å². The summed E-state index contributed by atoms with van der Waals surface area (Å²) in [5, 5.41) is 8.65. The second-order valence-electron chi connectivity index (χ2n) is 6.81. The second-order valence-corrected chi connectivity index (χ2v) is 6.81. The van der Waals surface area contributed by atoms with E-state index in [2.05, 4.69) is 45.9 Å². The van der Waals surface area contributed by atoms with Crippen LogP contribution in [0.1, 0.15) is 47.5 Å². The Labute approximate surface area is 134 Å². The van der Waals surface area contributed by atoms with Gasteiger partial charge < -0.3 is 5.11 Å². The van der Waals surface area contributed by atoms with Gasteiger partial charge in [0.05, 0.1) is 0 Å². The maximum absolute atomic E-state index is 10.5. The fourth-order valence-corrected chi connectivity index (χ4v) is 2.88. The summed E-state index contributed by atoms with van der Waals surface area (Å²) >= 11 is 0. The number of allylic oxidation sites excluding steroid dienone is 9. The Morgan fingerprint density at radius 3 is 2.55 bits per heavy atom. The van der Waals surface area contributed by atoms with Crippen molar-refractivity contribution in [3.8, 4) is 0 Å². The van der Waals surface area contributed by atoms with E-state index >= 15 is 0 Å². The monoisotopic (exact) mass is 300 g/mol. The molecule has 1 aliphatic carbocycles. The van der Waals surface area contributed by atoms with E-state index < -0.39 is 5.97 Å². The highest BCUT2D eigenvalue weighted by Crippen LogP contribution is 2.41. The minimum Gasteiger partial charge on any atom is -0.478 e. The average molecular weight is 300 g/mol. The standard InChI is InChI=1S/C20H28O2/c1-15(8-6-9-16(2)14-19(21)22)11-12-18-17(3)10-7-13-20(18,4)5/h6,8-12,14,18H,7,13H2,1-5H3,(H,21,22)/b9-6+,12-11+,15-8+,16-14-. The van der Waals surface area contributed by atoms with E-state index in [-0.39, 0.29) is 0 Å². The lowest BCUT2D eigenvalue weighted by Gasteiger charge is -2.36. The maximum atomic E-state index is 10.5. The quantitative estimate of drug-likeness (QED) is 0.416. The summed E-state index contributed by atoms with van der Waals surface area (Å²) in [6.07, 6.45) is 16.1. The van der Waals surface area contributed by atoms with E-state index in [4.69, 9.17) is 5.11 Å². The molecule has 2 nitrogen and oxygen atoms in total. The first kappa shape index (κ1) is 18.2. The topological polar surface area (TPSA) is 37.3 Å². The number of aliphatic carboxylic acids is 1. The van der Waals surface area contributed by atoms with Crippen LogP contribution in [-0.4, -0.2) is 11.1 Å². The minimum absolute atomic E-state index is 0.312. The van der Waals surface area contributed by atoms with Crippen molar-refractivity contribution in [2.75, 3.05) is 0 Å². The average Bonchev–Trinajstić information content (AvgIpc) is 2.36. The molecule has 120 valence electrons. The Kier molecular flexibility index (Phi) is 6.61. The maximum Gasteiger partial charge on any atom is 0.328 e. The molecule has 1 aliphatic rings. The lowest BCUT2D eigenvalue weighted by Crippen LogP contribution is -2.26. The van der Waals surface area contributed by atoms with E-state index in [9.17, 15) is 4.79 Å². The van der Waals surface area contributed by atoms with Gasteiger partial charge in [0.1, 0.15) is 0 Å². The zero-order valence-corrected chi connectivity index (χ0v) is 14.4. The number of rotatable bonds is 5. The molecular formula is C20H28O2. The first-order chi connectivity index (χ1) is 10.2. The Balaban J connectivity index is 2.75. The highest BCUT2D eigenvalue weighted by molar-refractivity contribution is 5.81. The van der Waals surface area contributed by atoms with Crippen molar-refractivity contribution in [2.24, 2.45) is 11.3 Å². The SMILES string of the molecule is CC1=CCCC(C)(C)C1/C=C/C(C)=C/C=C/C(C)=C\C(=O)O. The first-order valence-corrected chi connectivity index (χ1v) is 7.83. The van der Waals surface area contributed by atoms with E-state index in [1.54, 1.807) is 13.0 Å². The molecule has 0 aliphatic heterocycles. The highest BCUT2D eigenvalue weighted by Gasteiger charge is 2.30. The van der Waals surface area contributed by atoms with Gasteiger partial charge in [-0.15, -0.1) is 0 Å². The molecule has 0 spiro atoms. The third-order valence-electron chi connectivity index (χ3n) is 4.21. The van der Waals surface area contributed by atoms with Crippen LogP contribution in [0.15, 0.2) is 59.3 Å². The molecule has 1 atom stereocenters. The van der Waals surface area contributed by atoms with Crippen molar-refractivity contribution in [2.45, 2.75) is 47.5 Å². The van der Waals surface area contributed by atoms with Gasteiger partial charge in [-0.05, 0) is 44.6 Å². The largest absolute Gasteiger partial charge is 0.478 e. The van der Waals surface area contributed by atoms with Gasteiger partial charge in [0, 0.05) is 12.0 Å². The Bertz CT molecular complexity index is 554. The van der Waals surface area contributed by atoms with Gasteiger partial charge in [0.2, 0.25) is 0 Å². The van der Waals surface area contributed by atoms with Gasteiger partial charge in [-0.25, -0.2) is 4.79 Å². The lowest BCUT2D eigenvalue weighted by atomic mass is 9.68. The van der Waals surface area contributed by atoms with Crippen LogP contribution >= 0.6 is 0 Å². The number of carboxylic acid groups (broad SMARTS) is 1. The van der Waals surface area contributed by atoms with Crippen molar-refractivity contribution >= 4 is 5.97 Å². The molecule has 1 N–H and O–H groups in total. The predicted octanol–water partition coefficient (Wildman–Crippen LogP) is 5.46. The fourth-order valence-electron chi connectivity index (χ4n) is 2.88. The molecule has 1 rings (SSSR count). The van der Waals surface area contributed by atoms with Crippen LogP contribution in [0.5, 0.6) is 0 Å². The molecule has 0 heterocycles. The molecule has 0 aromatic rings. The van der Waals surface area contributed by atoms with Crippen LogP contribution in [0.4, 0.5) is 0 Å². The smallest absolute Gasteiger partial charge is 0.328 e. The van der Waals surface area contributed by atoms with Crippen molar-refractivity contribution in [1.82, 2.24) is 0 Å². The molecule has 0 saturated heterocycles. The molecule has 0 bridgehead atoms. The summed E-state index contributed by atoms with van der Waals surface area (Å²) in [7, 11) is 0. The molecule has 0 radical (unpaired) electrons. The summed E-state index contributed by atoms with van der Waals surface area (Å²) in [6.45, 7) is 10.7. The van der Waals surface area contributed by atoms with E-state index in [0.29, 0.717) is 11.3 Å². The lowest BCUT2D eigenvalue weighted by molar-refractivity contribution is -0.131. The van der Waals surface area contributed by atoms with Crippen LogP contribution in [0, 0.1) is 11.3 Å². The molecule has 0 aromatic carbocycles. The molecule has 2 heteroatoms. The number of hydrogen-bond donors (Lipinski definition) is 1. The van der Waals surface area contributed by atoms with Crippen LogP contribution in [0.25, 0.3) is 0 Å². The molecule has 0 fully saturated rings. The van der Waals surface area contributed by atoms with Crippen molar-refractivity contribution in [3.63, 3.8) is 0 Å². The van der Waals surface area contributed by atoms with Crippen molar-refractivity contribution in [3.05, 3.63) is 59.3 Å². The predicted molar refractivity (Wildman–Crippen MR) is 93.7 cm³/mol. The third-order valence-corrected chi connectivity index (χ3v) is 4.21. The van der Waals surface area contributed by atoms with E-state index in [1.165, 1.54) is 24.5 Å². The van der Waals surface area contributed by atoms with Crippen LogP contribution in [-0.2, 0) is 4.79 Å². The summed E-state index contributed by atoms with van der Waals surface area (Å²) in [5.41, 5.74) is 3.66. The first-order valence-electron chi connectivity index (χ1n) is 7.83.